The minimum Gasteiger partial charge on any atom is -0.312 e. The molecule has 1 atom stereocenters. The Morgan fingerprint density at radius 3 is 2.50 bits per heavy atom. The second kappa shape index (κ2) is 7.57. The van der Waals surface area contributed by atoms with Gasteiger partial charge in [-0.2, -0.15) is 5.10 Å². The van der Waals surface area contributed by atoms with Crippen molar-refractivity contribution >= 4 is 0 Å². The maximum atomic E-state index is 4.64. The molecule has 1 N–H and O–H groups in total. The van der Waals surface area contributed by atoms with Gasteiger partial charge in [-0.1, -0.05) is 33.6 Å². The van der Waals surface area contributed by atoms with Crippen LogP contribution in [0, 0.1) is 5.92 Å². The first-order chi connectivity index (χ1) is 8.62. The summed E-state index contributed by atoms with van der Waals surface area (Å²) < 4.78 is 2.15. The SMILES string of the molecule is CCc1cc(C(CCCC(C)C)NC)n(CC)n1. The highest BCUT2D eigenvalue weighted by Crippen LogP contribution is 2.21. The van der Waals surface area contributed by atoms with Crippen molar-refractivity contribution in [3.8, 4) is 0 Å². The van der Waals surface area contributed by atoms with Crippen molar-refractivity contribution < 1.29 is 0 Å². The molecule has 0 aliphatic heterocycles. The van der Waals surface area contributed by atoms with Gasteiger partial charge in [0, 0.05) is 12.6 Å². The molecule has 0 aliphatic rings. The van der Waals surface area contributed by atoms with Crippen molar-refractivity contribution in [3.05, 3.63) is 17.5 Å². The summed E-state index contributed by atoms with van der Waals surface area (Å²) in [4.78, 5) is 0. The quantitative estimate of drug-likeness (QED) is 0.765. The van der Waals surface area contributed by atoms with E-state index in [9.17, 15) is 0 Å². The third-order valence-electron chi connectivity index (χ3n) is 3.50. The molecule has 0 saturated carbocycles. The Morgan fingerprint density at radius 2 is 2.00 bits per heavy atom. The second-order valence-corrected chi connectivity index (χ2v) is 5.40. The number of aryl methyl sites for hydroxylation is 2. The van der Waals surface area contributed by atoms with Crippen LogP contribution in [0.15, 0.2) is 6.07 Å². The molecule has 0 bridgehead atoms. The number of aromatic nitrogens is 2. The van der Waals surface area contributed by atoms with Crippen LogP contribution in [-0.2, 0) is 13.0 Å². The maximum absolute atomic E-state index is 4.64. The summed E-state index contributed by atoms with van der Waals surface area (Å²) in [6.45, 7) is 9.87. The van der Waals surface area contributed by atoms with Crippen LogP contribution in [0.3, 0.4) is 0 Å². The molecule has 1 aromatic rings. The number of rotatable bonds is 8. The van der Waals surface area contributed by atoms with Gasteiger partial charge in [0.15, 0.2) is 0 Å². The minimum atomic E-state index is 0.441. The molecule has 0 spiro atoms. The van der Waals surface area contributed by atoms with E-state index in [-0.39, 0.29) is 0 Å². The fraction of sp³-hybridized carbons (Fsp3) is 0.800. The van der Waals surface area contributed by atoms with Gasteiger partial charge in [-0.15, -0.1) is 0 Å². The predicted molar refractivity (Wildman–Crippen MR) is 77.8 cm³/mol. The van der Waals surface area contributed by atoms with E-state index in [1.807, 2.05) is 0 Å². The lowest BCUT2D eigenvalue weighted by Crippen LogP contribution is -2.20. The molecule has 0 aromatic carbocycles. The highest BCUT2D eigenvalue weighted by atomic mass is 15.3. The smallest absolute Gasteiger partial charge is 0.0625 e. The van der Waals surface area contributed by atoms with Crippen molar-refractivity contribution in [1.82, 2.24) is 15.1 Å². The largest absolute Gasteiger partial charge is 0.312 e. The topological polar surface area (TPSA) is 29.9 Å². The zero-order valence-corrected chi connectivity index (χ0v) is 12.7. The Morgan fingerprint density at radius 1 is 1.28 bits per heavy atom. The van der Waals surface area contributed by atoms with Gasteiger partial charge < -0.3 is 5.32 Å². The zero-order chi connectivity index (χ0) is 13.5. The molecule has 0 radical (unpaired) electrons. The molecule has 1 unspecified atom stereocenters. The molecule has 0 saturated heterocycles. The van der Waals surface area contributed by atoms with Gasteiger partial charge in [-0.3, -0.25) is 4.68 Å². The van der Waals surface area contributed by atoms with Crippen LogP contribution < -0.4 is 5.32 Å². The fourth-order valence-corrected chi connectivity index (χ4v) is 2.36. The molecule has 1 heterocycles. The van der Waals surface area contributed by atoms with Crippen molar-refractivity contribution in [1.29, 1.82) is 0 Å². The van der Waals surface area contributed by atoms with Crippen LogP contribution in [-0.4, -0.2) is 16.8 Å². The van der Waals surface area contributed by atoms with Crippen molar-refractivity contribution in [3.63, 3.8) is 0 Å². The van der Waals surface area contributed by atoms with Crippen molar-refractivity contribution in [2.45, 2.75) is 66.0 Å². The first kappa shape index (κ1) is 15.2. The lowest BCUT2D eigenvalue weighted by Gasteiger charge is -2.17. The van der Waals surface area contributed by atoms with E-state index in [2.05, 4.69) is 55.9 Å². The summed E-state index contributed by atoms with van der Waals surface area (Å²) in [7, 11) is 2.05. The Bertz CT molecular complexity index is 342. The summed E-state index contributed by atoms with van der Waals surface area (Å²) in [6.07, 6.45) is 4.80. The molecule has 0 fully saturated rings. The van der Waals surface area contributed by atoms with Crippen molar-refractivity contribution in [2.24, 2.45) is 5.92 Å². The Balaban J connectivity index is 2.71. The fourth-order valence-electron chi connectivity index (χ4n) is 2.36. The molecule has 1 aromatic heterocycles. The standard InChI is InChI=1S/C15H29N3/c1-6-13-11-15(18(7-2)17-13)14(16-5)10-8-9-12(3)4/h11-12,14,16H,6-10H2,1-5H3. The summed E-state index contributed by atoms with van der Waals surface area (Å²) in [6, 6.07) is 2.71. The number of hydrogen-bond donors (Lipinski definition) is 1. The van der Waals surface area contributed by atoms with E-state index in [1.54, 1.807) is 0 Å². The van der Waals surface area contributed by atoms with Crippen molar-refractivity contribution in [2.75, 3.05) is 7.05 Å². The lowest BCUT2D eigenvalue weighted by atomic mass is 10.0. The first-order valence-corrected chi connectivity index (χ1v) is 7.36. The molecule has 1 rings (SSSR count). The summed E-state index contributed by atoms with van der Waals surface area (Å²) in [5.41, 5.74) is 2.55. The molecular formula is C15H29N3. The van der Waals surface area contributed by atoms with Crippen LogP contribution in [0.1, 0.15) is 64.4 Å². The lowest BCUT2D eigenvalue weighted by molar-refractivity contribution is 0.443. The molecule has 18 heavy (non-hydrogen) atoms. The van der Waals surface area contributed by atoms with Gasteiger partial charge in [0.05, 0.1) is 11.4 Å². The molecular weight excluding hydrogens is 222 g/mol. The van der Waals surface area contributed by atoms with Crippen LogP contribution in [0.2, 0.25) is 0 Å². The Labute approximate surface area is 112 Å². The minimum absolute atomic E-state index is 0.441. The van der Waals surface area contributed by atoms with Crippen LogP contribution in [0.5, 0.6) is 0 Å². The Kier molecular flexibility index (Phi) is 6.41. The number of nitrogens with zero attached hydrogens (tertiary/aromatic N) is 2. The monoisotopic (exact) mass is 251 g/mol. The van der Waals surface area contributed by atoms with E-state index in [0.29, 0.717) is 6.04 Å². The average Bonchev–Trinajstić information content (AvgIpc) is 2.77. The van der Waals surface area contributed by atoms with Crippen LogP contribution in [0.4, 0.5) is 0 Å². The number of nitrogens with one attached hydrogen (secondary N) is 1. The predicted octanol–water partition coefficient (Wildman–Crippen LogP) is 3.55. The van der Waals surface area contributed by atoms with Gasteiger partial charge >= 0.3 is 0 Å². The third kappa shape index (κ3) is 4.13. The number of hydrogen-bond acceptors (Lipinski definition) is 2. The van der Waals surface area contributed by atoms with Crippen LogP contribution in [0.25, 0.3) is 0 Å². The van der Waals surface area contributed by atoms with Crippen LogP contribution >= 0.6 is 0 Å². The normalized spacial score (nSPS) is 13.2. The van der Waals surface area contributed by atoms with Gasteiger partial charge in [-0.25, -0.2) is 0 Å². The third-order valence-corrected chi connectivity index (χ3v) is 3.50. The highest BCUT2D eigenvalue weighted by molar-refractivity contribution is 5.14. The maximum Gasteiger partial charge on any atom is 0.0625 e. The van der Waals surface area contributed by atoms with E-state index < -0.39 is 0 Å². The average molecular weight is 251 g/mol. The highest BCUT2D eigenvalue weighted by Gasteiger charge is 2.15. The summed E-state index contributed by atoms with van der Waals surface area (Å²) in [5, 5.41) is 8.08. The summed E-state index contributed by atoms with van der Waals surface area (Å²) >= 11 is 0. The van der Waals surface area contributed by atoms with Gasteiger partial charge in [0.2, 0.25) is 0 Å². The molecule has 104 valence electrons. The zero-order valence-electron chi connectivity index (χ0n) is 12.7. The van der Waals surface area contributed by atoms with E-state index in [4.69, 9.17) is 0 Å². The molecule has 0 aliphatic carbocycles. The molecule has 3 nitrogen and oxygen atoms in total. The second-order valence-electron chi connectivity index (χ2n) is 5.40. The molecule has 0 amide bonds. The first-order valence-electron chi connectivity index (χ1n) is 7.36. The van der Waals surface area contributed by atoms with E-state index in [1.165, 1.54) is 30.7 Å². The van der Waals surface area contributed by atoms with E-state index in [0.717, 1.165) is 18.9 Å². The van der Waals surface area contributed by atoms with E-state index >= 15 is 0 Å². The summed E-state index contributed by atoms with van der Waals surface area (Å²) in [5.74, 6) is 0.796. The van der Waals surface area contributed by atoms with Gasteiger partial charge in [-0.05, 0) is 38.8 Å². The van der Waals surface area contributed by atoms with Gasteiger partial charge in [0.1, 0.15) is 0 Å². The molecule has 3 heteroatoms. The Hall–Kier alpha value is -0.830. The van der Waals surface area contributed by atoms with Gasteiger partial charge in [0.25, 0.3) is 0 Å².